The molecule has 0 aliphatic rings. The lowest BCUT2D eigenvalue weighted by atomic mass is 9.99. The van der Waals surface area contributed by atoms with E-state index in [9.17, 15) is 4.21 Å². The number of hydrogen-bond acceptors (Lipinski definition) is 2. The maximum absolute atomic E-state index is 10.7. The first-order chi connectivity index (χ1) is 6.61. The van der Waals surface area contributed by atoms with Crippen molar-refractivity contribution in [1.29, 1.82) is 0 Å². The van der Waals surface area contributed by atoms with Crippen LogP contribution in [-0.2, 0) is 11.1 Å². The molecule has 0 bridgehead atoms. The average Bonchev–Trinajstić information content (AvgIpc) is 2.17. The Morgan fingerprint density at radius 1 is 1.43 bits per heavy atom. The van der Waals surface area contributed by atoms with Gasteiger partial charge in [-0.2, -0.15) is 0 Å². The van der Waals surface area contributed by atoms with Crippen molar-refractivity contribution in [3.05, 3.63) is 0 Å². The Bertz CT molecular complexity index is 164. The highest BCUT2D eigenvalue weighted by Gasteiger charge is 2.10. The maximum atomic E-state index is 10.7. The van der Waals surface area contributed by atoms with Crippen molar-refractivity contribution in [3.8, 4) is 0 Å². The summed E-state index contributed by atoms with van der Waals surface area (Å²) in [6, 6.07) is 0. The van der Waals surface area contributed by atoms with Crippen LogP contribution in [0.1, 0.15) is 46.5 Å². The quantitative estimate of drug-likeness (QED) is 0.619. The van der Waals surface area contributed by atoms with Crippen LogP contribution in [0.25, 0.3) is 0 Å². The number of hydrogen-bond donors (Lipinski definition) is 2. The number of unbranched alkanes of at least 4 members (excludes halogenated alkanes) is 1. The van der Waals surface area contributed by atoms with Crippen LogP contribution in [0.4, 0.5) is 0 Å². The predicted octanol–water partition coefficient (Wildman–Crippen LogP) is 2.36. The average molecular weight is 221 g/mol. The van der Waals surface area contributed by atoms with Crippen LogP contribution in [0.3, 0.4) is 0 Å². The van der Waals surface area contributed by atoms with Crippen molar-refractivity contribution in [1.82, 2.24) is 5.32 Å². The fourth-order valence-electron chi connectivity index (χ4n) is 1.35. The zero-order valence-electron chi connectivity index (χ0n) is 9.45. The molecule has 0 rings (SSSR count). The summed E-state index contributed by atoms with van der Waals surface area (Å²) < 4.78 is 19.5. The second kappa shape index (κ2) is 8.38. The normalized spacial score (nSPS) is 17.7. The first-order valence-electron chi connectivity index (χ1n) is 5.44. The summed E-state index contributed by atoms with van der Waals surface area (Å²) >= 11 is -1.75. The Labute approximate surface area is 90.0 Å². The van der Waals surface area contributed by atoms with Gasteiger partial charge in [0.05, 0.1) is 0 Å². The predicted molar refractivity (Wildman–Crippen MR) is 61.5 cm³/mol. The van der Waals surface area contributed by atoms with Crippen molar-refractivity contribution in [2.75, 3.05) is 6.54 Å². The second-order valence-electron chi connectivity index (χ2n) is 3.74. The first-order valence-corrected chi connectivity index (χ1v) is 6.61. The molecule has 4 heteroatoms. The zero-order valence-corrected chi connectivity index (χ0v) is 10.3. The number of rotatable bonds is 8. The molecule has 0 radical (unpaired) electrons. The van der Waals surface area contributed by atoms with Gasteiger partial charge in [-0.05, 0) is 25.8 Å². The van der Waals surface area contributed by atoms with E-state index in [1.807, 2.05) is 0 Å². The highest BCUT2D eigenvalue weighted by molar-refractivity contribution is 7.79. The van der Waals surface area contributed by atoms with Crippen molar-refractivity contribution in [3.63, 3.8) is 0 Å². The van der Waals surface area contributed by atoms with E-state index in [0.717, 1.165) is 13.0 Å². The van der Waals surface area contributed by atoms with Crippen molar-refractivity contribution >= 4 is 11.1 Å². The minimum Gasteiger partial charge on any atom is -0.305 e. The van der Waals surface area contributed by atoms with Gasteiger partial charge in [-0.15, -0.1) is 0 Å². The van der Waals surface area contributed by atoms with E-state index in [0.29, 0.717) is 5.92 Å². The molecule has 0 aliphatic carbocycles. The summed E-state index contributed by atoms with van der Waals surface area (Å²) in [7, 11) is 0. The molecule has 14 heavy (non-hydrogen) atoms. The summed E-state index contributed by atoms with van der Waals surface area (Å²) in [5.41, 5.74) is 0. The molecule has 0 aromatic carbocycles. The van der Waals surface area contributed by atoms with E-state index in [-0.39, 0.29) is 5.37 Å². The van der Waals surface area contributed by atoms with E-state index in [2.05, 4.69) is 19.2 Å². The third-order valence-electron chi connectivity index (χ3n) is 2.54. The lowest BCUT2D eigenvalue weighted by molar-refractivity contribution is 0.412. The standard InChI is InChI=1S/C10H23NO2S/c1-4-6-7-10(5-2)8-11-9(3)14(12)13/h9-11H,4-8H2,1-3H3,(H,12,13). The highest BCUT2D eigenvalue weighted by atomic mass is 32.2. The second-order valence-corrected chi connectivity index (χ2v) is 5.00. The summed E-state index contributed by atoms with van der Waals surface area (Å²) in [6.45, 7) is 6.95. The molecule has 0 amide bonds. The summed E-state index contributed by atoms with van der Waals surface area (Å²) in [5, 5.41) is 2.78. The van der Waals surface area contributed by atoms with E-state index >= 15 is 0 Å². The SMILES string of the molecule is CCCCC(CC)CNC(C)S(=O)O. The van der Waals surface area contributed by atoms with Crippen LogP contribution in [0, 0.1) is 5.92 Å². The van der Waals surface area contributed by atoms with Crippen LogP contribution in [-0.4, -0.2) is 20.7 Å². The minimum atomic E-state index is -1.75. The lowest BCUT2D eigenvalue weighted by Gasteiger charge is -2.17. The van der Waals surface area contributed by atoms with Crippen LogP contribution in [0.5, 0.6) is 0 Å². The molecule has 0 aromatic rings. The van der Waals surface area contributed by atoms with Crippen LogP contribution >= 0.6 is 0 Å². The third kappa shape index (κ3) is 6.51. The van der Waals surface area contributed by atoms with Gasteiger partial charge in [0.1, 0.15) is 5.37 Å². The molecule has 2 N–H and O–H groups in total. The molecule has 0 spiro atoms. The van der Waals surface area contributed by atoms with Crippen LogP contribution in [0.2, 0.25) is 0 Å². The molecule has 0 saturated carbocycles. The van der Waals surface area contributed by atoms with Crippen molar-refractivity contribution in [2.24, 2.45) is 5.92 Å². The molecule has 0 aromatic heterocycles. The van der Waals surface area contributed by atoms with Gasteiger partial charge in [0.15, 0.2) is 11.1 Å². The molecule has 0 aliphatic heterocycles. The zero-order chi connectivity index (χ0) is 11.0. The van der Waals surface area contributed by atoms with E-state index in [4.69, 9.17) is 4.55 Å². The van der Waals surface area contributed by atoms with Gasteiger partial charge in [-0.25, -0.2) is 4.21 Å². The highest BCUT2D eigenvalue weighted by Crippen LogP contribution is 2.11. The molecule has 0 heterocycles. The maximum Gasteiger partial charge on any atom is 0.170 e. The first kappa shape index (κ1) is 14.1. The molecule has 0 saturated heterocycles. The largest absolute Gasteiger partial charge is 0.305 e. The fraction of sp³-hybridized carbons (Fsp3) is 1.00. The molecule has 3 nitrogen and oxygen atoms in total. The Kier molecular flexibility index (Phi) is 8.43. The van der Waals surface area contributed by atoms with Gasteiger partial charge in [0.25, 0.3) is 0 Å². The van der Waals surface area contributed by atoms with Gasteiger partial charge in [0.2, 0.25) is 0 Å². The van der Waals surface area contributed by atoms with E-state index in [1.54, 1.807) is 6.92 Å². The fourth-order valence-corrected chi connectivity index (χ4v) is 1.59. The lowest BCUT2D eigenvalue weighted by Crippen LogP contribution is -2.34. The van der Waals surface area contributed by atoms with Gasteiger partial charge in [-0.3, -0.25) is 0 Å². The number of nitrogens with one attached hydrogen (secondary N) is 1. The Balaban J connectivity index is 3.66. The molecule has 86 valence electrons. The molecular formula is C10H23NO2S. The molecule has 3 atom stereocenters. The summed E-state index contributed by atoms with van der Waals surface area (Å²) in [4.78, 5) is 0. The van der Waals surface area contributed by atoms with Crippen molar-refractivity contribution < 1.29 is 8.76 Å². The van der Waals surface area contributed by atoms with E-state index < -0.39 is 11.1 Å². The Hall–Kier alpha value is 0.0700. The van der Waals surface area contributed by atoms with Crippen molar-refractivity contribution in [2.45, 2.75) is 51.8 Å². The summed E-state index contributed by atoms with van der Waals surface area (Å²) in [6.07, 6.45) is 4.82. The smallest absolute Gasteiger partial charge is 0.170 e. The van der Waals surface area contributed by atoms with Gasteiger partial charge >= 0.3 is 0 Å². The summed E-state index contributed by atoms with van der Waals surface area (Å²) in [5.74, 6) is 0.640. The minimum absolute atomic E-state index is 0.314. The monoisotopic (exact) mass is 221 g/mol. The third-order valence-corrected chi connectivity index (χ3v) is 3.31. The molecule has 3 unspecified atom stereocenters. The Morgan fingerprint density at radius 3 is 2.50 bits per heavy atom. The molecule has 0 fully saturated rings. The van der Waals surface area contributed by atoms with Crippen LogP contribution < -0.4 is 5.32 Å². The van der Waals surface area contributed by atoms with Gasteiger partial charge < -0.3 is 9.87 Å². The molecular weight excluding hydrogens is 198 g/mol. The van der Waals surface area contributed by atoms with Crippen LogP contribution in [0.15, 0.2) is 0 Å². The van der Waals surface area contributed by atoms with Gasteiger partial charge in [0, 0.05) is 0 Å². The van der Waals surface area contributed by atoms with Gasteiger partial charge in [-0.1, -0.05) is 33.1 Å². The Morgan fingerprint density at radius 2 is 2.07 bits per heavy atom. The van der Waals surface area contributed by atoms with E-state index in [1.165, 1.54) is 19.3 Å². The topological polar surface area (TPSA) is 49.3 Å².